The summed E-state index contributed by atoms with van der Waals surface area (Å²) in [6.07, 6.45) is 1.57. The van der Waals surface area contributed by atoms with Crippen molar-refractivity contribution in [2.24, 2.45) is 21.0 Å². The number of phenols is 3. The fourth-order valence-electron chi connectivity index (χ4n) is 17.6. The zero-order chi connectivity index (χ0) is 86.8. The van der Waals surface area contributed by atoms with Crippen LogP contribution in [-0.4, -0.2) is 110 Å². The third-order valence-electron chi connectivity index (χ3n) is 23.1. The fourth-order valence-corrected chi connectivity index (χ4v) is 27.6. The third kappa shape index (κ3) is 18.7. The lowest BCUT2D eigenvalue weighted by atomic mass is 10.2. The number of nitrogens with two attached hydrogens (primary N) is 2. The van der Waals surface area contributed by atoms with E-state index in [1.807, 2.05) is 36.4 Å². The number of halogens is 4. The fraction of sp³-hybridized carbons (Fsp3) is 0.151. The summed E-state index contributed by atoms with van der Waals surface area (Å²) in [6.45, 7) is 16.6. The van der Waals surface area contributed by atoms with Crippen molar-refractivity contribution in [3.8, 4) is 34.3 Å². The molecule has 125 heavy (non-hydrogen) atoms. The smallest absolute Gasteiger partial charge is 0.149 e. The summed E-state index contributed by atoms with van der Waals surface area (Å²) in [5.74, 6) is 0.785. The summed E-state index contributed by atoms with van der Waals surface area (Å²) in [5, 5.41) is 54.5. The van der Waals surface area contributed by atoms with E-state index in [1.54, 1.807) is 0 Å². The molecule has 632 valence electrons. The van der Waals surface area contributed by atoms with Gasteiger partial charge in [-0.25, -0.2) is 0 Å². The van der Waals surface area contributed by atoms with Crippen molar-refractivity contribution in [3.63, 3.8) is 0 Å². The Morgan fingerprint density at radius 2 is 0.552 bits per heavy atom. The third-order valence-corrected chi connectivity index (χ3v) is 33.1. The van der Waals surface area contributed by atoms with E-state index < -0.39 is 22.0 Å². The predicted molar refractivity (Wildman–Crippen MR) is 547 cm³/mol. The van der Waals surface area contributed by atoms with Crippen molar-refractivity contribution >= 4 is 187 Å². The van der Waals surface area contributed by atoms with E-state index in [4.69, 9.17) is 44.2 Å². The number of aromatic hydroxyl groups is 3. The molecule has 21 rings (SSSR count). The van der Waals surface area contributed by atoms with Crippen LogP contribution in [0.25, 0.3) is 82.5 Å². The highest BCUT2D eigenvalue weighted by Gasteiger charge is 2.35. The van der Waals surface area contributed by atoms with Gasteiger partial charge >= 0.3 is 0 Å². The molecule has 15 aromatic carbocycles. The maximum atomic E-state index is 13.1. The maximum absolute atomic E-state index is 13.1. The highest BCUT2D eigenvalue weighted by Crippen LogP contribution is 2.54. The van der Waals surface area contributed by atoms with Gasteiger partial charge in [0.15, 0.2) is 0 Å². The van der Waals surface area contributed by atoms with E-state index in [0.717, 1.165) is 145 Å². The number of aryl methyl sites for hydroxylation is 3. The number of alkyl halides is 2. The Balaban J connectivity index is 0.000000189. The molecule has 2 bridgehead atoms. The molecule has 0 radical (unpaired) electrons. The lowest BCUT2D eigenvalue weighted by molar-refractivity contribution is 0.0647. The van der Waals surface area contributed by atoms with E-state index in [2.05, 4.69) is 400 Å². The van der Waals surface area contributed by atoms with Crippen molar-refractivity contribution in [3.05, 3.63) is 381 Å². The number of hydrogen-bond acceptors (Lipinski definition) is 9. The Labute approximate surface area is 759 Å². The Kier molecular flexibility index (Phi) is 30.1. The number of benzene rings is 15. The highest BCUT2D eigenvalue weighted by atomic mass is 80.9. The largest absolute Gasteiger partial charge is 0.505 e. The van der Waals surface area contributed by atoms with Gasteiger partial charge in [-0.2, -0.15) is 0 Å². The van der Waals surface area contributed by atoms with Gasteiger partial charge in [0.2, 0.25) is 0 Å². The molecule has 0 spiro atoms. The van der Waals surface area contributed by atoms with Crippen LogP contribution in [0.1, 0.15) is 29.5 Å². The first kappa shape index (κ1) is 89.2. The second kappa shape index (κ2) is 42.1. The molecule has 0 atom stereocenters. The van der Waals surface area contributed by atoms with E-state index in [9.17, 15) is 15.3 Å². The molecule has 19 heteroatoms. The standard InChI is InChI=1S/C65H54N4O2P2.C31H24NOP.C6H12N2.C3H10N2.CH2Cl2.Br2/c1-46-42-60(68-56-36-19-15-32-52(56)53-33-16-20-37-57(53)68)64(70)62(44-46)72(48-24-7-3-8-25-48,49-26-9-4-10-27-49)66-40-23-41-67-73(50-28-11-5-12-29-50,51-30-13-6-14-31-51)63-45-47(2)43-61(65(63)71)69-58-38-21-17-34-54(58)55-35-18-22-39-59(55)69;1-22-20-29(32-27-18-10-8-16-25(27)26-17-9-11-19-28(26)32)31(33)30(21-22)34(23-12-4-2-5-13-23)24-14-6-3-7-15-24;1-2-8-5-3-7(1)4-6-8;4-2-1-3-5;2-1-3;1-2/h3-22,24-39,42-45,70-71H,23,40-41H2,1-2H3;2-21,33H,1H3;1-6H2;1-5H2;1H2;. The average molecular weight is 1870 g/mol. The lowest BCUT2D eigenvalue weighted by Gasteiger charge is -2.41. The first-order chi connectivity index (χ1) is 61.4. The monoisotopic (exact) mass is 1870 g/mol. The second-order valence-electron chi connectivity index (χ2n) is 31.0. The topological polar surface area (TPSA) is 159 Å². The summed E-state index contributed by atoms with van der Waals surface area (Å²) >= 11 is 15.0. The number of rotatable bonds is 18. The van der Waals surface area contributed by atoms with Crippen LogP contribution in [0.15, 0.2) is 373 Å². The zero-order valence-electron chi connectivity index (χ0n) is 70.3. The Morgan fingerprint density at radius 1 is 0.320 bits per heavy atom. The molecule has 18 aromatic rings. The highest BCUT2D eigenvalue weighted by molar-refractivity contribution is 9.93. The number of piperazine rings is 3. The average Bonchev–Trinajstić information content (AvgIpc) is 1.49. The molecule has 0 aliphatic carbocycles. The molecule has 3 aromatic heterocycles. The molecule has 0 amide bonds. The van der Waals surface area contributed by atoms with Crippen molar-refractivity contribution in [1.82, 2.24) is 23.5 Å². The van der Waals surface area contributed by atoms with Crippen LogP contribution in [0.5, 0.6) is 17.2 Å². The maximum Gasteiger partial charge on any atom is 0.149 e. The van der Waals surface area contributed by atoms with Gasteiger partial charge in [0, 0.05) is 150 Å². The number of aromatic nitrogens is 3. The Hall–Kier alpha value is -10.6. The minimum absolute atomic E-state index is 0.194. The van der Waals surface area contributed by atoms with Gasteiger partial charge < -0.3 is 40.5 Å². The van der Waals surface area contributed by atoms with Crippen LogP contribution < -0.4 is 59.2 Å². The lowest BCUT2D eigenvalue weighted by Crippen LogP contribution is -2.55. The van der Waals surface area contributed by atoms with Crippen LogP contribution in [0.4, 0.5) is 0 Å². The zero-order valence-corrected chi connectivity index (χ0v) is 77.7. The van der Waals surface area contributed by atoms with Crippen LogP contribution in [-0.2, 0) is 0 Å². The van der Waals surface area contributed by atoms with Gasteiger partial charge in [0.05, 0.1) is 69.6 Å². The molecule has 3 fully saturated rings. The molecule has 3 saturated heterocycles. The number of fused-ring (bicyclic) bond motifs is 12. The molecule has 3 aliphatic rings. The summed E-state index contributed by atoms with van der Waals surface area (Å²) < 4.78 is 18.5. The summed E-state index contributed by atoms with van der Waals surface area (Å²) in [6, 6.07) is 127. The van der Waals surface area contributed by atoms with E-state index in [1.165, 1.54) is 60.7 Å². The minimum Gasteiger partial charge on any atom is -0.505 e. The molecule has 6 heterocycles. The van der Waals surface area contributed by atoms with Crippen molar-refractivity contribution in [2.75, 3.05) is 70.8 Å². The van der Waals surface area contributed by atoms with Crippen LogP contribution in [0.2, 0.25) is 0 Å². The number of hydrogen-bond donors (Lipinski definition) is 5. The number of para-hydroxylation sites is 6. The molecule has 12 nitrogen and oxygen atoms in total. The first-order valence-corrected chi connectivity index (χ1v) is 51.9. The van der Waals surface area contributed by atoms with E-state index in [-0.39, 0.29) is 16.8 Å². The molecular weight excluding hydrogens is 1770 g/mol. The Morgan fingerprint density at radius 3 is 0.800 bits per heavy atom. The van der Waals surface area contributed by atoms with Gasteiger partial charge in [-0.1, -0.05) is 291 Å². The molecule has 3 aliphatic heterocycles. The molecule has 0 saturated carbocycles. The van der Waals surface area contributed by atoms with Crippen LogP contribution in [0.3, 0.4) is 0 Å². The minimum atomic E-state index is -2.93. The van der Waals surface area contributed by atoms with Crippen molar-refractivity contribution in [1.29, 1.82) is 0 Å². The summed E-state index contributed by atoms with van der Waals surface area (Å²) in [4.78, 5) is 5.08. The first-order valence-electron chi connectivity index (χ1n) is 42.3. The van der Waals surface area contributed by atoms with Crippen molar-refractivity contribution in [2.45, 2.75) is 33.6 Å². The van der Waals surface area contributed by atoms with Crippen molar-refractivity contribution < 1.29 is 15.3 Å². The van der Waals surface area contributed by atoms with Gasteiger partial charge in [0.25, 0.3) is 0 Å². The van der Waals surface area contributed by atoms with Gasteiger partial charge in [-0.3, -0.25) is 19.3 Å². The van der Waals surface area contributed by atoms with Crippen LogP contribution in [0, 0.1) is 20.8 Å². The molecular formula is C106H102Br2Cl2N9O3P3. The summed E-state index contributed by atoms with van der Waals surface area (Å²) in [5.41, 5.74) is 21.9. The SMILES string of the molecule is BrBr.C1CN2CCN1CC2.Cc1cc(-n2c3ccccc3c3ccccc32)c(O)c(P(=NCCCN=P(c2ccccc2)(c2ccccc2)c2cc(C)cc(-n3c4ccccc4c4ccccc43)c2O)(c2ccccc2)c2ccccc2)c1.Cc1cc(-n2c3ccccc3c3ccccc32)c(O)c(P(c2ccccc2)c2ccccc2)c1.ClCCl.NCCCN. The van der Waals surface area contributed by atoms with E-state index in [0.29, 0.717) is 25.3 Å². The molecule has 0 unspecified atom stereocenters. The van der Waals surface area contributed by atoms with Gasteiger partial charge in [-0.15, -0.1) is 23.2 Å². The van der Waals surface area contributed by atoms with Gasteiger partial charge in [-0.05, 0) is 155 Å². The second-order valence-corrected chi connectivity index (χ2v) is 40.1. The summed E-state index contributed by atoms with van der Waals surface area (Å²) in [7, 11) is -6.78. The quantitative estimate of drug-likeness (QED) is 0.0325. The molecule has 7 N–H and O–H groups in total. The van der Waals surface area contributed by atoms with Gasteiger partial charge in [0.1, 0.15) is 17.2 Å². The number of phenolic OH excluding ortho intramolecular Hbond substituents is 3. The predicted octanol–water partition coefficient (Wildman–Crippen LogP) is 22.5. The normalized spacial score (nSPS) is 13.5. The van der Waals surface area contributed by atoms with Crippen LogP contribution >= 0.6 is 73.5 Å². The van der Waals surface area contributed by atoms with E-state index >= 15 is 0 Å². The Bertz CT molecular complexity index is 6240. The number of nitrogens with zero attached hydrogens (tertiary/aromatic N) is 7.